The van der Waals surface area contributed by atoms with Gasteiger partial charge in [-0.25, -0.2) is 9.59 Å². The van der Waals surface area contributed by atoms with E-state index in [1.165, 1.54) is 38.2 Å². The lowest BCUT2D eigenvalue weighted by atomic mass is 9.90. The Labute approximate surface area is 115 Å². The summed E-state index contributed by atoms with van der Waals surface area (Å²) in [6.45, 7) is 9.32. The monoisotopic (exact) mass is 268 g/mol. The molecule has 0 heterocycles. The molecule has 108 valence electrons. The zero-order valence-electron chi connectivity index (χ0n) is 11.7. The van der Waals surface area contributed by atoms with E-state index in [0.29, 0.717) is 19.1 Å². The fourth-order valence-corrected chi connectivity index (χ4v) is 1.81. The predicted molar refractivity (Wildman–Crippen MR) is 74.6 cm³/mol. The molecule has 0 aromatic carbocycles. The molecule has 0 unspecified atom stereocenters. The van der Waals surface area contributed by atoms with Gasteiger partial charge < -0.3 is 9.47 Å². The van der Waals surface area contributed by atoms with Crippen LogP contribution in [0.2, 0.25) is 0 Å². The Balaban J connectivity index is 0.000000399. The van der Waals surface area contributed by atoms with Gasteiger partial charge in [-0.15, -0.1) is 0 Å². The van der Waals surface area contributed by atoms with Crippen LogP contribution in [0.4, 0.5) is 0 Å². The molecule has 1 rings (SSSR count). The first kappa shape index (κ1) is 17.4. The van der Waals surface area contributed by atoms with Crippen LogP contribution in [0.15, 0.2) is 25.3 Å². The van der Waals surface area contributed by atoms with Gasteiger partial charge in [-0.2, -0.15) is 0 Å². The van der Waals surface area contributed by atoms with Gasteiger partial charge in [-0.3, -0.25) is 0 Å². The molecule has 0 aliphatic heterocycles. The molecule has 19 heavy (non-hydrogen) atoms. The van der Waals surface area contributed by atoms with Crippen molar-refractivity contribution in [2.45, 2.75) is 39.0 Å². The van der Waals surface area contributed by atoms with Gasteiger partial charge in [0.05, 0.1) is 13.2 Å². The molecule has 0 aromatic heterocycles. The van der Waals surface area contributed by atoms with Crippen molar-refractivity contribution in [2.24, 2.45) is 5.92 Å². The fraction of sp³-hybridized carbons (Fsp3) is 0.600. The molecule has 0 amide bonds. The second-order valence-corrected chi connectivity index (χ2v) is 4.29. The largest absolute Gasteiger partial charge is 0.463 e. The fourth-order valence-electron chi connectivity index (χ4n) is 1.81. The molecule has 1 aliphatic carbocycles. The summed E-state index contributed by atoms with van der Waals surface area (Å²) in [5.74, 6) is -0.0503. The predicted octanol–water partition coefficient (Wildman–Crippen LogP) is 3.03. The van der Waals surface area contributed by atoms with Crippen molar-refractivity contribution in [1.82, 2.24) is 0 Å². The molecule has 1 fully saturated rings. The second-order valence-electron chi connectivity index (χ2n) is 4.29. The summed E-state index contributed by atoms with van der Waals surface area (Å²) < 4.78 is 9.41. The van der Waals surface area contributed by atoms with Crippen LogP contribution < -0.4 is 0 Å². The Morgan fingerprint density at radius 1 is 1.05 bits per heavy atom. The van der Waals surface area contributed by atoms with Crippen LogP contribution in [0.3, 0.4) is 0 Å². The van der Waals surface area contributed by atoms with Crippen LogP contribution in [-0.2, 0) is 19.1 Å². The molecule has 0 bridgehead atoms. The average Bonchev–Trinajstić information content (AvgIpc) is 2.46. The third-order valence-corrected chi connectivity index (χ3v) is 2.81. The highest BCUT2D eigenvalue weighted by Gasteiger charge is 2.14. The molecule has 0 aromatic rings. The molecule has 0 atom stereocenters. The van der Waals surface area contributed by atoms with Crippen LogP contribution in [0.1, 0.15) is 39.0 Å². The van der Waals surface area contributed by atoms with Crippen molar-refractivity contribution in [3.05, 3.63) is 25.3 Å². The minimum atomic E-state index is -0.359. The first-order chi connectivity index (χ1) is 9.13. The number of hydrogen-bond donors (Lipinski definition) is 0. The summed E-state index contributed by atoms with van der Waals surface area (Å²) >= 11 is 0. The summed E-state index contributed by atoms with van der Waals surface area (Å²) in [7, 11) is 0. The molecule has 0 N–H and O–H groups in total. The van der Waals surface area contributed by atoms with E-state index in [4.69, 9.17) is 4.74 Å². The van der Waals surface area contributed by atoms with E-state index < -0.39 is 0 Å². The Bertz CT molecular complexity index is 291. The number of ether oxygens (including phenoxy) is 2. The second kappa shape index (κ2) is 11.5. The van der Waals surface area contributed by atoms with Gasteiger partial charge >= 0.3 is 11.9 Å². The van der Waals surface area contributed by atoms with E-state index in [1.54, 1.807) is 6.92 Å². The average molecular weight is 268 g/mol. The van der Waals surface area contributed by atoms with Crippen molar-refractivity contribution >= 4 is 11.9 Å². The minimum absolute atomic E-state index is 0.291. The number of hydrogen-bond acceptors (Lipinski definition) is 4. The first-order valence-corrected chi connectivity index (χ1v) is 6.72. The van der Waals surface area contributed by atoms with Gasteiger partial charge in [0.1, 0.15) is 0 Å². The smallest absolute Gasteiger partial charge is 0.330 e. The highest BCUT2D eigenvalue weighted by atomic mass is 16.5. The summed E-state index contributed by atoms with van der Waals surface area (Å²) in [5, 5.41) is 0. The summed E-state index contributed by atoms with van der Waals surface area (Å²) in [6.07, 6.45) is 8.71. The molecular formula is C15H24O4. The summed E-state index contributed by atoms with van der Waals surface area (Å²) in [6, 6.07) is 0. The summed E-state index contributed by atoms with van der Waals surface area (Å²) in [4.78, 5) is 20.8. The maximum Gasteiger partial charge on any atom is 0.330 e. The van der Waals surface area contributed by atoms with Gasteiger partial charge in [0.25, 0.3) is 0 Å². The van der Waals surface area contributed by atoms with Gasteiger partial charge in [-0.1, -0.05) is 32.4 Å². The summed E-state index contributed by atoms with van der Waals surface area (Å²) in [5.41, 5.74) is 0. The number of esters is 2. The van der Waals surface area contributed by atoms with E-state index in [-0.39, 0.29) is 11.9 Å². The maximum absolute atomic E-state index is 10.7. The van der Waals surface area contributed by atoms with Crippen LogP contribution in [-0.4, -0.2) is 25.2 Å². The van der Waals surface area contributed by atoms with Crippen molar-refractivity contribution < 1.29 is 19.1 Å². The highest BCUT2D eigenvalue weighted by Crippen LogP contribution is 2.23. The highest BCUT2D eigenvalue weighted by molar-refractivity contribution is 5.81. The van der Waals surface area contributed by atoms with Gasteiger partial charge in [-0.05, 0) is 25.7 Å². The third kappa shape index (κ3) is 10.1. The number of rotatable bonds is 5. The third-order valence-electron chi connectivity index (χ3n) is 2.81. The molecule has 1 aliphatic rings. The SMILES string of the molecule is C=CC(=O)OCC.C=CC(=O)OCC1CCCCC1. The Hall–Kier alpha value is -1.58. The van der Waals surface area contributed by atoms with E-state index in [1.807, 2.05) is 0 Å². The number of carbonyl (C=O) groups is 2. The van der Waals surface area contributed by atoms with Crippen molar-refractivity contribution in [3.8, 4) is 0 Å². The lowest BCUT2D eigenvalue weighted by Crippen LogP contribution is -2.15. The lowest BCUT2D eigenvalue weighted by Gasteiger charge is -2.20. The molecular weight excluding hydrogens is 244 g/mol. The van der Waals surface area contributed by atoms with E-state index >= 15 is 0 Å². The topological polar surface area (TPSA) is 52.6 Å². The van der Waals surface area contributed by atoms with Gasteiger partial charge in [0.2, 0.25) is 0 Å². The molecule has 0 saturated heterocycles. The molecule has 4 heteroatoms. The van der Waals surface area contributed by atoms with Crippen LogP contribution in [0.25, 0.3) is 0 Å². The van der Waals surface area contributed by atoms with Crippen molar-refractivity contribution in [1.29, 1.82) is 0 Å². The van der Waals surface area contributed by atoms with Crippen molar-refractivity contribution in [3.63, 3.8) is 0 Å². The number of carbonyl (C=O) groups excluding carboxylic acids is 2. The standard InChI is InChI=1S/C10H16O2.C5H8O2/c1-2-10(11)12-8-9-6-4-3-5-7-9;1-3-5(6)7-4-2/h2,9H,1,3-8H2;3H,1,4H2,2H3. The van der Waals surface area contributed by atoms with Gasteiger partial charge in [0.15, 0.2) is 0 Å². The maximum atomic E-state index is 10.7. The quantitative estimate of drug-likeness (QED) is 0.568. The Morgan fingerprint density at radius 3 is 2.00 bits per heavy atom. The lowest BCUT2D eigenvalue weighted by molar-refractivity contribution is -0.139. The van der Waals surface area contributed by atoms with E-state index in [0.717, 1.165) is 6.08 Å². The molecule has 0 radical (unpaired) electrons. The first-order valence-electron chi connectivity index (χ1n) is 6.72. The Kier molecular flexibility index (Phi) is 10.6. The van der Waals surface area contributed by atoms with Crippen LogP contribution in [0.5, 0.6) is 0 Å². The zero-order chi connectivity index (χ0) is 14.5. The van der Waals surface area contributed by atoms with E-state index in [9.17, 15) is 9.59 Å². The zero-order valence-corrected chi connectivity index (χ0v) is 11.7. The molecule has 0 spiro atoms. The Morgan fingerprint density at radius 2 is 1.58 bits per heavy atom. The van der Waals surface area contributed by atoms with Crippen LogP contribution in [0, 0.1) is 5.92 Å². The van der Waals surface area contributed by atoms with Gasteiger partial charge in [0, 0.05) is 12.2 Å². The van der Waals surface area contributed by atoms with Crippen LogP contribution >= 0.6 is 0 Å². The van der Waals surface area contributed by atoms with Crippen molar-refractivity contribution in [2.75, 3.05) is 13.2 Å². The molecule has 4 nitrogen and oxygen atoms in total. The normalized spacial score (nSPS) is 14.6. The molecule has 1 saturated carbocycles. The van der Waals surface area contributed by atoms with E-state index in [2.05, 4.69) is 17.9 Å². The minimum Gasteiger partial charge on any atom is -0.463 e.